The highest BCUT2D eigenvalue weighted by atomic mass is 79.9. The molecule has 0 aliphatic heterocycles. The number of hydrogen-bond acceptors (Lipinski definition) is 3. The van der Waals surface area contributed by atoms with E-state index in [4.69, 9.17) is 9.84 Å². The third-order valence-electron chi connectivity index (χ3n) is 3.34. The minimum atomic E-state index is -1.01. The molecule has 1 aromatic heterocycles. The van der Waals surface area contributed by atoms with Crippen LogP contribution in [0, 0.1) is 5.92 Å². The van der Waals surface area contributed by atoms with Crippen LogP contribution in [0.4, 0.5) is 0 Å². The van der Waals surface area contributed by atoms with Crippen LogP contribution in [0.2, 0.25) is 0 Å². The number of hydrogen-bond donors (Lipinski definition) is 1. The van der Waals surface area contributed by atoms with Crippen LogP contribution < -0.4 is 4.74 Å². The predicted octanol–water partition coefficient (Wildman–Crippen LogP) is 3.50. The van der Waals surface area contributed by atoms with Gasteiger partial charge in [0.05, 0.1) is 0 Å². The zero-order valence-electron chi connectivity index (χ0n) is 10.2. The summed E-state index contributed by atoms with van der Waals surface area (Å²) in [6, 6.07) is 1.53. The van der Waals surface area contributed by atoms with Crippen LogP contribution in [-0.2, 0) is 0 Å². The number of carbonyl (C=O) groups is 1. The summed E-state index contributed by atoms with van der Waals surface area (Å²) in [6.07, 6.45) is 6.09. The van der Waals surface area contributed by atoms with Gasteiger partial charge in [-0.05, 0) is 47.2 Å². The Morgan fingerprint density at radius 1 is 1.50 bits per heavy atom. The van der Waals surface area contributed by atoms with Gasteiger partial charge in [-0.15, -0.1) is 0 Å². The van der Waals surface area contributed by atoms with E-state index in [0.29, 0.717) is 10.4 Å². The smallest absolute Gasteiger partial charge is 0.341 e. The van der Waals surface area contributed by atoms with Crippen molar-refractivity contribution in [3.63, 3.8) is 0 Å². The highest BCUT2D eigenvalue weighted by molar-refractivity contribution is 9.10. The summed E-state index contributed by atoms with van der Waals surface area (Å²) < 4.78 is 6.44. The van der Waals surface area contributed by atoms with Crippen LogP contribution >= 0.6 is 15.9 Å². The molecule has 1 saturated carbocycles. The number of halogens is 1. The van der Waals surface area contributed by atoms with Crippen LogP contribution in [0.25, 0.3) is 0 Å². The number of carboxylic acids is 1. The van der Waals surface area contributed by atoms with Crippen molar-refractivity contribution in [2.75, 3.05) is 0 Å². The van der Waals surface area contributed by atoms with E-state index in [1.54, 1.807) is 6.20 Å². The Hall–Kier alpha value is -1.10. The monoisotopic (exact) mass is 313 g/mol. The maximum absolute atomic E-state index is 11.2. The lowest BCUT2D eigenvalue weighted by Crippen LogP contribution is -2.29. The molecule has 1 heterocycles. The van der Waals surface area contributed by atoms with Crippen LogP contribution in [-0.4, -0.2) is 22.2 Å². The van der Waals surface area contributed by atoms with Crippen molar-refractivity contribution in [3.8, 4) is 5.88 Å². The third-order valence-corrected chi connectivity index (χ3v) is 3.78. The summed E-state index contributed by atoms with van der Waals surface area (Å²) >= 11 is 3.22. The molecule has 0 aromatic carbocycles. The van der Waals surface area contributed by atoms with Crippen LogP contribution in [0.3, 0.4) is 0 Å². The molecule has 1 N–H and O–H groups in total. The molecule has 2 unspecified atom stereocenters. The van der Waals surface area contributed by atoms with E-state index >= 15 is 0 Å². The normalized spacial score (nSPS) is 23.7. The van der Waals surface area contributed by atoms with Crippen LogP contribution in [0.15, 0.2) is 16.7 Å². The van der Waals surface area contributed by atoms with E-state index in [1.807, 2.05) is 0 Å². The molecule has 0 bridgehead atoms. The lowest BCUT2D eigenvalue weighted by molar-refractivity contribution is 0.0667. The lowest BCUT2D eigenvalue weighted by Gasteiger charge is -2.29. The highest BCUT2D eigenvalue weighted by Crippen LogP contribution is 2.29. The van der Waals surface area contributed by atoms with E-state index in [0.717, 1.165) is 19.3 Å². The Bertz CT molecular complexity index is 450. The van der Waals surface area contributed by atoms with Gasteiger partial charge in [0.25, 0.3) is 0 Å². The number of rotatable bonds is 3. The predicted molar refractivity (Wildman–Crippen MR) is 70.9 cm³/mol. The third kappa shape index (κ3) is 3.02. The topological polar surface area (TPSA) is 59.4 Å². The van der Waals surface area contributed by atoms with Crippen molar-refractivity contribution in [1.82, 2.24) is 4.98 Å². The summed E-state index contributed by atoms with van der Waals surface area (Å²) in [6.45, 7) is 2.14. The standard InChI is InChI=1S/C13H16BrNO3/c1-8-4-2-3-5-11(8)18-12-10(13(16)17)6-9(14)7-15-12/h6-8,11H,2-5H2,1H3,(H,16,17). The SMILES string of the molecule is CC1CCCCC1Oc1ncc(Br)cc1C(=O)O. The summed E-state index contributed by atoms with van der Waals surface area (Å²) in [5.74, 6) is -0.336. The van der Waals surface area contributed by atoms with Crippen LogP contribution in [0.5, 0.6) is 5.88 Å². The fourth-order valence-electron chi connectivity index (χ4n) is 2.27. The molecule has 1 aliphatic rings. The maximum atomic E-state index is 11.2. The number of nitrogens with zero attached hydrogens (tertiary/aromatic N) is 1. The van der Waals surface area contributed by atoms with Gasteiger partial charge >= 0.3 is 5.97 Å². The number of carboxylic acid groups (broad SMARTS) is 1. The van der Waals surface area contributed by atoms with Crippen LogP contribution in [0.1, 0.15) is 43.0 Å². The zero-order valence-corrected chi connectivity index (χ0v) is 11.8. The van der Waals surface area contributed by atoms with Gasteiger partial charge in [-0.1, -0.05) is 13.3 Å². The fraction of sp³-hybridized carbons (Fsp3) is 0.538. The second-order valence-corrected chi connectivity index (χ2v) is 5.65. The largest absolute Gasteiger partial charge is 0.477 e. The van der Waals surface area contributed by atoms with Crippen molar-refractivity contribution < 1.29 is 14.6 Å². The quantitative estimate of drug-likeness (QED) is 0.927. The van der Waals surface area contributed by atoms with E-state index in [9.17, 15) is 4.79 Å². The first-order chi connectivity index (χ1) is 8.58. The maximum Gasteiger partial charge on any atom is 0.341 e. The number of aromatic nitrogens is 1. The van der Waals surface area contributed by atoms with Gasteiger partial charge in [-0.3, -0.25) is 0 Å². The van der Waals surface area contributed by atoms with Gasteiger partial charge in [0, 0.05) is 10.7 Å². The van der Waals surface area contributed by atoms with Crippen molar-refractivity contribution in [3.05, 3.63) is 22.3 Å². The molecule has 0 spiro atoms. The first-order valence-corrected chi connectivity index (χ1v) is 6.92. The van der Waals surface area contributed by atoms with E-state index < -0.39 is 5.97 Å². The fourth-order valence-corrected chi connectivity index (χ4v) is 2.61. The minimum absolute atomic E-state index is 0.0746. The molecule has 1 aromatic rings. The van der Waals surface area contributed by atoms with Crippen molar-refractivity contribution in [2.24, 2.45) is 5.92 Å². The highest BCUT2D eigenvalue weighted by Gasteiger charge is 2.25. The Morgan fingerprint density at radius 3 is 2.89 bits per heavy atom. The molecule has 1 fully saturated rings. The summed E-state index contributed by atoms with van der Waals surface area (Å²) in [7, 11) is 0. The second kappa shape index (κ2) is 5.69. The van der Waals surface area contributed by atoms with Gasteiger partial charge in [0.2, 0.25) is 5.88 Å². The molecular weight excluding hydrogens is 298 g/mol. The Kier molecular flexibility index (Phi) is 4.22. The van der Waals surface area contributed by atoms with Gasteiger partial charge in [0.1, 0.15) is 11.7 Å². The van der Waals surface area contributed by atoms with Crippen molar-refractivity contribution >= 4 is 21.9 Å². The summed E-state index contributed by atoms with van der Waals surface area (Å²) in [4.78, 5) is 15.2. The van der Waals surface area contributed by atoms with Gasteiger partial charge in [-0.25, -0.2) is 9.78 Å². The first-order valence-electron chi connectivity index (χ1n) is 6.13. The molecule has 0 radical (unpaired) electrons. The molecule has 18 heavy (non-hydrogen) atoms. The van der Waals surface area contributed by atoms with Gasteiger partial charge in [0.15, 0.2) is 0 Å². The number of pyridine rings is 1. The average Bonchev–Trinajstić information content (AvgIpc) is 2.34. The molecule has 98 valence electrons. The number of aromatic carboxylic acids is 1. The molecule has 0 saturated heterocycles. The molecule has 2 atom stereocenters. The Balaban J connectivity index is 2.20. The van der Waals surface area contributed by atoms with Crippen molar-refractivity contribution in [1.29, 1.82) is 0 Å². The van der Waals surface area contributed by atoms with Gasteiger partial charge in [-0.2, -0.15) is 0 Å². The van der Waals surface area contributed by atoms with E-state index in [2.05, 4.69) is 27.8 Å². The van der Waals surface area contributed by atoms with E-state index in [1.165, 1.54) is 12.5 Å². The zero-order chi connectivity index (χ0) is 13.1. The van der Waals surface area contributed by atoms with Gasteiger partial charge < -0.3 is 9.84 Å². The lowest BCUT2D eigenvalue weighted by atomic mass is 9.88. The average molecular weight is 314 g/mol. The summed E-state index contributed by atoms with van der Waals surface area (Å²) in [5, 5.41) is 9.14. The van der Waals surface area contributed by atoms with E-state index in [-0.39, 0.29) is 17.5 Å². The molecule has 5 heteroatoms. The molecule has 0 amide bonds. The summed E-state index contributed by atoms with van der Waals surface area (Å²) in [5.41, 5.74) is 0.113. The molecule has 1 aliphatic carbocycles. The molecule has 4 nitrogen and oxygen atoms in total. The molecule has 2 rings (SSSR count). The Morgan fingerprint density at radius 2 is 2.22 bits per heavy atom. The Labute approximate surface area is 115 Å². The minimum Gasteiger partial charge on any atom is -0.477 e. The number of ether oxygens (including phenoxy) is 1. The van der Waals surface area contributed by atoms with Crippen molar-refractivity contribution in [2.45, 2.75) is 38.7 Å². The second-order valence-electron chi connectivity index (χ2n) is 4.73. The molecular formula is C13H16BrNO3. The first kappa shape index (κ1) is 13.3.